The van der Waals surface area contributed by atoms with Crippen LogP contribution in [0.3, 0.4) is 0 Å². The second kappa shape index (κ2) is 6.72. The van der Waals surface area contributed by atoms with Crippen molar-refractivity contribution in [1.29, 1.82) is 0 Å². The molecule has 0 aliphatic rings. The largest absolute Gasteiger partial charge is 0.508 e. The van der Waals surface area contributed by atoms with Gasteiger partial charge in [0.15, 0.2) is 0 Å². The molecule has 5 nitrogen and oxygen atoms in total. The topological polar surface area (TPSA) is 78.4 Å². The number of hydrogen-bond donors (Lipinski definition) is 3. The van der Waals surface area contributed by atoms with Gasteiger partial charge >= 0.3 is 0 Å². The summed E-state index contributed by atoms with van der Waals surface area (Å²) in [4.78, 5) is 0. The normalized spacial score (nSPS) is 13.4. The van der Waals surface area contributed by atoms with Gasteiger partial charge in [-0.15, -0.1) is 0 Å². The van der Waals surface area contributed by atoms with Gasteiger partial charge < -0.3 is 10.4 Å². The maximum atomic E-state index is 11.4. The standard InChI is InChI=1S/C12H20N2O3S/c1-3-14-18(16,17)9-8-13-10(2)11-4-6-12(15)7-5-11/h4-7,10,13-15H,3,8-9H2,1-2H3. The highest BCUT2D eigenvalue weighted by molar-refractivity contribution is 7.89. The number of sulfonamides is 1. The molecule has 1 aromatic carbocycles. The minimum Gasteiger partial charge on any atom is -0.508 e. The molecule has 3 N–H and O–H groups in total. The second-order valence-electron chi connectivity index (χ2n) is 4.08. The van der Waals surface area contributed by atoms with Crippen molar-refractivity contribution < 1.29 is 13.5 Å². The Labute approximate surface area is 108 Å². The van der Waals surface area contributed by atoms with Gasteiger partial charge in [-0.1, -0.05) is 19.1 Å². The van der Waals surface area contributed by atoms with E-state index in [9.17, 15) is 13.5 Å². The van der Waals surface area contributed by atoms with Crippen LogP contribution in [-0.4, -0.2) is 32.4 Å². The molecule has 0 saturated heterocycles. The maximum Gasteiger partial charge on any atom is 0.212 e. The van der Waals surface area contributed by atoms with Crippen molar-refractivity contribution in [2.75, 3.05) is 18.8 Å². The van der Waals surface area contributed by atoms with Gasteiger partial charge in [-0.3, -0.25) is 0 Å². The third kappa shape index (κ3) is 5.03. The van der Waals surface area contributed by atoms with Crippen LogP contribution in [0, 0.1) is 0 Å². The molecule has 0 aliphatic carbocycles. The van der Waals surface area contributed by atoms with Crippen LogP contribution in [0.4, 0.5) is 0 Å². The van der Waals surface area contributed by atoms with Gasteiger partial charge in [0.25, 0.3) is 0 Å². The third-order valence-electron chi connectivity index (χ3n) is 2.58. The van der Waals surface area contributed by atoms with E-state index in [2.05, 4.69) is 10.0 Å². The first-order chi connectivity index (χ1) is 8.44. The number of benzene rings is 1. The first-order valence-electron chi connectivity index (χ1n) is 5.94. The summed E-state index contributed by atoms with van der Waals surface area (Å²) in [5, 5.41) is 12.3. The van der Waals surface area contributed by atoms with Crippen molar-refractivity contribution in [3.8, 4) is 5.75 Å². The Balaban J connectivity index is 2.42. The highest BCUT2D eigenvalue weighted by Crippen LogP contribution is 2.15. The SMILES string of the molecule is CCNS(=O)(=O)CCNC(C)c1ccc(O)cc1. The molecule has 0 bridgehead atoms. The summed E-state index contributed by atoms with van der Waals surface area (Å²) in [6, 6.07) is 6.89. The van der Waals surface area contributed by atoms with Gasteiger partial charge in [0, 0.05) is 19.1 Å². The Kier molecular flexibility index (Phi) is 5.58. The number of rotatable bonds is 7. The van der Waals surface area contributed by atoms with Gasteiger partial charge in [0.05, 0.1) is 5.75 Å². The fraction of sp³-hybridized carbons (Fsp3) is 0.500. The Morgan fingerprint density at radius 1 is 1.28 bits per heavy atom. The van der Waals surface area contributed by atoms with Gasteiger partial charge in [-0.05, 0) is 24.6 Å². The average Bonchev–Trinajstić information content (AvgIpc) is 2.29. The zero-order valence-electron chi connectivity index (χ0n) is 10.7. The highest BCUT2D eigenvalue weighted by atomic mass is 32.2. The van der Waals surface area contributed by atoms with E-state index < -0.39 is 10.0 Å². The summed E-state index contributed by atoms with van der Waals surface area (Å²) < 4.78 is 25.3. The van der Waals surface area contributed by atoms with Gasteiger partial charge in [0.2, 0.25) is 10.0 Å². The van der Waals surface area contributed by atoms with Gasteiger partial charge in [-0.2, -0.15) is 0 Å². The molecule has 0 spiro atoms. The lowest BCUT2D eigenvalue weighted by Gasteiger charge is -2.14. The lowest BCUT2D eigenvalue weighted by molar-refractivity contribution is 0.474. The molecule has 0 heterocycles. The number of phenolic OH excluding ortho intramolecular Hbond substituents is 1. The summed E-state index contributed by atoms with van der Waals surface area (Å²) in [7, 11) is -3.17. The lowest BCUT2D eigenvalue weighted by Crippen LogP contribution is -2.32. The van der Waals surface area contributed by atoms with Crippen LogP contribution < -0.4 is 10.0 Å². The van der Waals surface area contributed by atoms with Crippen LogP contribution in [0.1, 0.15) is 25.5 Å². The van der Waals surface area contributed by atoms with Crippen molar-refractivity contribution in [3.63, 3.8) is 0 Å². The Hall–Kier alpha value is -1.11. The molecule has 1 rings (SSSR count). The van der Waals surface area contributed by atoms with E-state index in [1.54, 1.807) is 19.1 Å². The number of phenols is 1. The van der Waals surface area contributed by atoms with Crippen LogP contribution in [0.5, 0.6) is 5.75 Å². The summed E-state index contributed by atoms with van der Waals surface area (Å²) in [6.07, 6.45) is 0. The summed E-state index contributed by atoms with van der Waals surface area (Å²) in [6.45, 7) is 4.50. The Morgan fingerprint density at radius 2 is 1.89 bits per heavy atom. The molecule has 0 aliphatic heterocycles. The van der Waals surface area contributed by atoms with Crippen LogP contribution >= 0.6 is 0 Å². The van der Waals surface area contributed by atoms with Crippen LogP contribution in [-0.2, 0) is 10.0 Å². The highest BCUT2D eigenvalue weighted by Gasteiger charge is 2.10. The molecule has 1 atom stereocenters. The molecule has 0 amide bonds. The number of aromatic hydroxyl groups is 1. The first kappa shape index (κ1) is 14.9. The molecule has 102 valence electrons. The molecule has 0 radical (unpaired) electrons. The minimum atomic E-state index is -3.17. The summed E-state index contributed by atoms with van der Waals surface area (Å²) in [5.74, 6) is 0.282. The average molecular weight is 272 g/mol. The minimum absolute atomic E-state index is 0.0439. The van der Waals surface area contributed by atoms with Crippen molar-refractivity contribution in [3.05, 3.63) is 29.8 Å². The summed E-state index contributed by atoms with van der Waals surface area (Å²) >= 11 is 0. The fourth-order valence-electron chi connectivity index (χ4n) is 1.58. The smallest absolute Gasteiger partial charge is 0.212 e. The van der Waals surface area contributed by atoms with Crippen molar-refractivity contribution in [1.82, 2.24) is 10.0 Å². The first-order valence-corrected chi connectivity index (χ1v) is 7.59. The quantitative estimate of drug-likeness (QED) is 0.691. The van der Waals surface area contributed by atoms with Crippen LogP contribution in [0.25, 0.3) is 0 Å². The van der Waals surface area contributed by atoms with Crippen molar-refractivity contribution >= 4 is 10.0 Å². The molecule has 18 heavy (non-hydrogen) atoms. The predicted octanol–water partition coefficient (Wildman–Crippen LogP) is 0.982. The lowest BCUT2D eigenvalue weighted by atomic mass is 10.1. The van der Waals surface area contributed by atoms with E-state index in [1.807, 2.05) is 19.1 Å². The second-order valence-corrected chi connectivity index (χ2v) is 6.01. The molecule has 1 unspecified atom stereocenters. The van der Waals surface area contributed by atoms with Crippen LogP contribution in [0.15, 0.2) is 24.3 Å². The molecule has 1 aromatic rings. The molecule has 0 fully saturated rings. The zero-order valence-corrected chi connectivity index (χ0v) is 11.5. The number of hydrogen-bond acceptors (Lipinski definition) is 4. The molecule has 6 heteroatoms. The Morgan fingerprint density at radius 3 is 2.44 bits per heavy atom. The molecule has 0 saturated carbocycles. The van der Waals surface area contributed by atoms with E-state index in [-0.39, 0.29) is 17.5 Å². The maximum absolute atomic E-state index is 11.4. The predicted molar refractivity (Wildman–Crippen MR) is 72.0 cm³/mol. The van der Waals surface area contributed by atoms with E-state index in [0.29, 0.717) is 13.1 Å². The molecular weight excluding hydrogens is 252 g/mol. The monoisotopic (exact) mass is 272 g/mol. The fourth-order valence-corrected chi connectivity index (χ4v) is 2.55. The zero-order chi connectivity index (χ0) is 13.6. The molecular formula is C12H20N2O3S. The Bertz CT molecular complexity index is 457. The van der Waals surface area contributed by atoms with E-state index in [4.69, 9.17) is 0 Å². The van der Waals surface area contributed by atoms with Crippen molar-refractivity contribution in [2.24, 2.45) is 0 Å². The summed E-state index contributed by atoms with van der Waals surface area (Å²) in [5.41, 5.74) is 1.01. The third-order valence-corrected chi connectivity index (χ3v) is 4.05. The van der Waals surface area contributed by atoms with Gasteiger partial charge in [-0.25, -0.2) is 13.1 Å². The van der Waals surface area contributed by atoms with E-state index in [1.165, 1.54) is 0 Å². The van der Waals surface area contributed by atoms with Gasteiger partial charge in [0.1, 0.15) is 5.75 Å². The van der Waals surface area contributed by atoms with E-state index >= 15 is 0 Å². The number of nitrogens with one attached hydrogen (secondary N) is 2. The van der Waals surface area contributed by atoms with E-state index in [0.717, 1.165) is 5.56 Å². The van der Waals surface area contributed by atoms with Crippen molar-refractivity contribution in [2.45, 2.75) is 19.9 Å². The van der Waals surface area contributed by atoms with Crippen LogP contribution in [0.2, 0.25) is 0 Å². The molecule has 0 aromatic heterocycles.